The maximum atomic E-state index is 12.9. The average Bonchev–Trinajstić information content (AvgIpc) is 3.24. The molecule has 3 aromatic rings. The molecule has 2 aliphatic heterocycles. The van der Waals surface area contributed by atoms with E-state index in [1.54, 1.807) is 0 Å². The number of carbonyl (C=O) groups excluding carboxylic acids is 1. The third-order valence-electron chi connectivity index (χ3n) is 6.52. The van der Waals surface area contributed by atoms with Crippen molar-refractivity contribution >= 4 is 17.5 Å². The van der Waals surface area contributed by atoms with E-state index in [4.69, 9.17) is 11.6 Å². The van der Waals surface area contributed by atoms with E-state index in [1.807, 2.05) is 42.5 Å². The van der Waals surface area contributed by atoms with Crippen LogP contribution >= 0.6 is 11.6 Å². The number of halogens is 1. The lowest BCUT2D eigenvalue weighted by Crippen LogP contribution is -2.45. The Hall–Kier alpha value is -2.60. The zero-order valence-electron chi connectivity index (χ0n) is 18.1. The van der Waals surface area contributed by atoms with Gasteiger partial charge in [0.1, 0.15) is 5.69 Å². The lowest BCUT2D eigenvalue weighted by Gasteiger charge is -2.30. The van der Waals surface area contributed by atoms with Crippen LogP contribution in [0.15, 0.2) is 60.7 Å². The molecule has 2 aromatic carbocycles. The molecule has 0 unspecified atom stereocenters. The van der Waals surface area contributed by atoms with E-state index in [-0.39, 0.29) is 11.9 Å². The molecule has 1 aromatic heterocycles. The van der Waals surface area contributed by atoms with E-state index in [1.165, 1.54) is 12.8 Å². The van der Waals surface area contributed by atoms with Gasteiger partial charge in [-0.05, 0) is 61.7 Å². The third-order valence-corrected chi connectivity index (χ3v) is 6.76. The Morgan fingerprint density at radius 3 is 2.66 bits per heavy atom. The van der Waals surface area contributed by atoms with Crippen LogP contribution in [0.25, 0.3) is 22.4 Å². The molecular weight excluding hydrogens is 420 g/mol. The number of nitrogens with one attached hydrogen (secondary N) is 3. The summed E-state index contributed by atoms with van der Waals surface area (Å²) in [5.74, 6) is -0.0175. The summed E-state index contributed by atoms with van der Waals surface area (Å²) in [7, 11) is 0. The predicted octanol–water partition coefficient (Wildman–Crippen LogP) is 4.49. The SMILES string of the molecule is O=C1NC[C@H](CCN[C@H]2CCCNC2)n2c1cc(-c1cccc(Cl)c1)c2-c1ccccc1. The van der Waals surface area contributed by atoms with Gasteiger partial charge in [-0.15, -0.1) is 0 Å². The van der Waals surface area contributed by atoms with Crippen LogP contribution in [0.4, 0.5) is 0 Å². The van der Waals surface area contributed by atoms with E-state index >= 15 is 0 Å². The summed E-state index contributed by atoms with van der Waals surface area (Å²) in [5.41, 5.74) is 4.98. The Morgan fingerprint density at radius 2 is 1.88 bits per heavy atom. The molecule has 32 heavy (non-hydrogen) atoms. The van der Waals surface area contributed by atoms with E-state index in [2.05, 4.69) is 38.7 Å². The van der Waals surface area contributed by atoms with Gasteiger partial charge in [-0.25, -0.2) is 0 Å². The minimum atomic E-state index is -0.0175. The van der Waals surface area contributed by atoms with E-state index in [9.17, 15) is 4.79 Å². The number of aromatic nitrogens is 1. The quantitative estimate of drug-likeness (QED) is 0.520. The second-order valence-electron chi connectivity index (χ2n) is 8.69. The van der Waals surface area contributed by atoms with Crippen LogP contribution in [0.1, 0.15) is 35.8 Å². The molecule has 0 bridgehead atoms. The molecule has 5 rings (SSSR count). The molecule has 2 atom stereocenters. The van der Waals surface area contributed by atoms with Crippen molar-refractivity contribution in [2.24, 2.45) is 0 Å². The van der Waals surface area contributed by atoms with Gasteiger partial charge in [0.15, 0.2) is 0 Å². The molecule has 1 fully saturated rings. The van der Waals surface area contributed by atoms with Crippen molar-refractivity contribution in [2.45, 2.75) is 31.3 Å². The first-order valence-electron chi connectivity index (χ1n) is 11.5. The number of hydrogen-bond donors (Lipinski definition) is 3. The highest BCUT2D eigenvalue weighted by Crippen LogP contribution is 2.39. The smallest absolute Gasteiger partial charge is 0.268 e. The van der Waals surface area contributed by atoms with Crippen LogP contribution in [-0.2, 0) is 0 Å². The number of nitrogens with zero attached hydrogens (tertiary/aromatic N) is 1. The van der Waals surface area contributed by atoms with Crippen LogP contribution in [0.2, 0.25) is 5.02 Å². The molecule has 0 spiro atoms. The Bertz CT molecular complexity index is 1090. The van der Waals surface area contributed by atoms with E-state index < -0.39 is 0 Å². The van der Waals surface area contributed by atoms with Crippen molar-refractivity contribution < 1.29 is 4.79 Å². The Labute approximate surface area is 194 Å². The van der Waals surface area contributed by atoms with Gasteiger partial charge in [0.05, 0.1) is 11.7 Å². The topological polar surface area (TPSA) is 58.1 Å². The van der Waals surface area contributed by atoms with Gasteiger partial charge in [-0.2, -0.15) is 0 Å². The van der Waals surface area contributed by atoms with Gasteiger partial charge in [-0.3, -0.25) is 4.79 Å². The van der Waals surface area contributed by atoms with Gasteiger partial charge in [0, 0.05) is 29.7 Å². The average molecular weight is 449 g/mol. The number of hydrogen-bond acceptors (Lipinski definition) is 3. The van der Waals surface area contributed by atoms with Gasteiger partial charge in [0.25, 0.3) is 5.91 Å². The zero-order chi connectivity index (χ0) is 21.9. The lowest BCUT2D eigenvalue weighted by molar-refractivity contribution is 0.0913. The first-order valence-corrected chi connectivity index (χ1v) is 11.9. The highest BCUT2D eigenvalue weighted by Gasteiger charge is 2.30. The Balaban J connectivity index is 1.52. The van der Waals surface area contributed by atoms with E-state index in [0.717, 1.165) is 54.1 Å². The Kier molecular flexibility index (Phi) is 6.30. The fourth-order valence-corrected chi connectivity index (χ4v) is 5.14. The third kappa shape index (κ3) is 4.33. The first kappa shape index (κ1) is 21.3. The molecular formula is C26H29ClN4O. The normalized spacial score (nSPS) is 20.6. The number of rotatable bonds is 6. The van der Waals surface area contributed by atoms with Crippen LogP contribution in [0, 0.1) is 0 Å². The molecule has 6 heteroatoms. The predicted molar refractivity (Wildman–Crippen MR) is 130 cm³/mol. The maximum absolute atomic E-state index is 12.9. The van der Waals surface area contributed by atoms with Crippen molar-refractivity contribution in [2.75, 3.05) is 26.2 Å². The molecule has 3 N–H and O–H groups in total. The second-order valence-corrected chi connectivity index (χ2v) is 9.12. The summed E-state index contributed by atoms with van der Waals surface area (Å²) in [6.07, 6.45) is 3.39. The summed E-state index contributed by atoms with van der Waals surface area (Å²) in [4.78, 5) is 12.9. The summed E-state index contributed by atoms with van der Waals surface area (Å²) >= 11 is 6.32. The fourth-order valence-electron chi connectivity index (χ4n) is 4.95. The highest BCUT2D eigenvalue weighted by molar-refractivity contribution is 6.30. The summed E-state index contributed by atoms with van der Waals surface area (Å²) in [6, 6.07) is 21.0. The maximum Gasteiger partial charge on any atom is 0.268 e. The highest BCUT2D eigenvalue weighted by atomic mass is 35.5. The van der Waals surface area contributed by atoms with Crippen LogP contribution < -0.4 is 16.0 Å². The molecule has 0 aliphatic carbocycles. The zero-order valence-corrected chi connectivity index (χ0v) is 18.9. The molecule has 3 heterocycles. The molecule has 0 radical (unpaired) electrons. The number of fused-ring (bicyclic) bond motifs is 1. The standard InChI is InChI=1S/C26H29ClN4O/c27-20-9-4-8-19(14-20)23-15-24-26(32)30-17-22(11-13-29-21-10-5-12-28-16-21)31(24)25(23)18-6-2-1-3-7-18/h1-4,6-9,14-15,21-22,28-29H,5,10-13,16-17H2,(H,30,32)/t21-,22-/m0/s1. The monoisotopic (exact) mass is 448 g/mol. The van der Waals surface area contributed by atoms with Gasteiger partial charge >= 0.3 is 0 Å². The van der Waals surface area contributed by atoms with Crippen molar-refractivity contribution in [3.05, 3.63) is 71.4 Å². The lowest BCUT2D eigenvalue weighted by atomic mass is 10.0. The van der Waals surface area contributed by atoms with Crippen molar-refractivity contribution in [1.82, 2.24) is 20.5 Å². The van der Waals surface area contributed by atoms with Gasteiger partial charge in [-0.1, -0.05) is 54.1 Å². The first-order chi connectivity index (χ1) is 15.7. The van der Waals surface area contributed by atoms with Crippen LogP contribution in [-0.4, -0.2) is 42.7 Å². The molecule has 5 nitrogen and oxygen atoms in total. The Morgan fingerprint density at radius 1 is 1.03 bits per heavy atom. The van der Waals surface area contributed by atoms with Crippen molar-refractivity contribution in [3.63, 3.8) is 0 Å². The van der Waals surface area contributed by atoms with Crippen molar-refractivity contribution in [1.29, 1.82) is 0 Å². The molecule has 2 aliphatic rings. The fraction of sp³-hybridized carbons (Fsp3) is 0.346. The summed E-state index contributed by atoms with van der Waals surface area (Å²) in [5, 5.41) is 11.0. The van der Waals surface area contributed by atoms with E-state index in [0.29, 0.717) is 17.6 Å². The molecule has 0 saturated carbocycles. The molecule has 166 valence electrons. The van der Waals surface area contributed by atoms with Crippen LogP contribution in [0.3, 0.4) is 0 Å². The van der Waals surface area contributed by atoms with Crippen LogP contribution in [0.5, 0.6) is 0 Å². The van der Waals surface area contributed by atoms with Crippen molar-refractivity contribution in [3.8, 4) is 22.4 Å². The summed E-state index contributed by atoms with van der Waals surface area (Å²) in [6.45, 7) is 3.71. The number of benzene rings is 2. The minimum Gasteiger partial charge on any atom is -0.349 e. The minimum absolute atomic E-state index is 0.0175. The van der Waals surface area contributed by atoms with Gasteiger partial charge in [0.2, 0.25) is 0 Å². The number of amides is 1. The summed E-state index contributed by atoms with van der Waals surface area (Å²) < 4.78 is 2.26. The number of carbonyl (C=O) groups is 1. The van der Waals surface area contributed by atoms with Gasteiger partial charge < -0.3 is 20.5 Å². The second kappa shape index (κ2) is 9.49. The molecule has 1 amide bonds. The largest absolute Gasteiger partial charge is 0.349 e. The number of piperidine rings is 1. The molecule has 1 saturated heterocycles.